The summed E-state index contributed by atoms with van der Waals surface area (Å²) in [7, 11) is 1.79. The van der Waals surface area contributed by atoms with Crippen LogP contribution in [0.2, 0.25) is 0 Å². The first-order valence-corrected chi connectivity index (χ1v) is 8.62. The normalized spacial score (nSPS) is 10.4. The van der Waals surface area contributed by atoms with Crippen molar-refractivity contribution in [3.05, 3.63) is 89.2 Å². The molecule has 132 valence electrons. The number of benzene rings is 2. The first-order valence-electron chi connectivity index (χ1n) is 8.62. The number of carbonyl (C=O) groups is 1. The van der Waals surface area contributed by atoms with Crippen molar-refractivity contribution >= 4 is 17.3 Å². The highest BCUT2D eigenvalue weighted by atomic mass is 16.2. The summed E-state index contributed by atoms with van der Waals surface area (Å²) in [5, 5.41) is 3.33. The molecule has 0 saturated carbocycles. The third-order valence-electron chi connectivity index (χ3n) is 4.10. The number of carbonyl (C=O) groups excluding carboxylic acids is 1. The maximum absolute atomic E-state index is 12.6. The number of nitrogens with zero attached hydrogens (tertiary/aromatic N) is 2. The monoisotopic (exact) mass is 345 g/mol. The van der Waals surface area contributed by atoms with Gasteiger partial charge in [-0.1, -0.05) is 36.4 Å². The van der Waals surface area contributed by atoms with E-state index < -0.39 is 0 Å². The zero-order chi connectivity index (χ0) is 18.5. The van der Waals surface area contributed by atoms with E-state index in [1.165, 1.54) is 11.1 Å². The van der Waals surface area contributed by atoms with Gasteiger partial charge in [-0.05, 0) is 54.8 Å². The van der Waals surface area contributed by atoms with Crippen LogP contribution in [0.1, 0.15) is 27.2 Å². The van der Waals surface area contributed by atoms with Gasteiger partial charge in [-0.2, -0.15) is 0 Å². The lowest BCUT2D eigenvalue weighted by Crippen LogP contribution is -2.26. The largest absolute Gasteiger partial charge is 0.354 e. The molecule has 2 aromatic carbocycles. The summed E-state index contributed by atoms with van der Waals surface area (Å²) in [5.41, 5.74) is 5.82. The SMILES string of the molecule is Cc1cc(C)cc(Nc2ccc(C(=O)N(C)Cc3ccccc3)nc2)c1. The highest BCUT2D eigenvalue weighted by molar-refractivity contribution is 5.92. The molecule has 0 saturated heterocycles. The standard InChI is InChI=1S/C22H23N3O/c1-16-11-17(2)13-20(12-16)24-19-9-10-21(23-14-19)22(26)25(3)15-18-7-5-4-6-8-18/h4-14,24H,15H2,1-3H3. The average Bonchev–Trinajstić information content (AvgIpc) is 2.62. The third kappa shape index (κ3) is 4.48. The Labute approximate surface area is 154 Å². The van der Waals surface area contributed by atoms with Crippen LogP contribution in [0, 0.1) is 13.8 Å². The van der Waals surface area contributed by atoms with Gasteiger partial charge in [0.1, 0.15) is 5.69 Å². The van der Waals surface area contributed by atoms with Crippen LogP contribution >= 0.6 is 0 Å². The fourth-order valence-corrected chi connectivity index (χ4v) is 2.93. The summed E-state index contributed by atoms with van der Waals surface area (Å²) in [5.74, 6) is -0.0909. The van der Waals surface area contributed by atoms with Crippen LogP contribution in [0.3, 0.4) is 0 Å². The summed E-state index contributed by atoms with van der Waals surface area (Å²) in [6.07, 6.45) is 1.70. The van der Waals surface area contributed by atoms with Gasteiger partial charge >= 0.3 is 0 Å². The maximum Gasteiger partial charge on any atom is 0.272 e. The highest BCUT2D eigenvalue weighted by Crippen LogP contribution is 2.19. The molecule has 3 aromatic rings. The van der Waals surface area contributed by atoms with Crippen LogP contribution in [0.4, 0.5) is 11.4 Å². The van der Waals surface area contributed by atoms with Gasteiger partial charge in [0.25, 0.3) is 5.91 Å². The number of amides is 1. The van der Waals surface area contributed by atoms with Crippen LogP contribution in [0.15, 0.2) is 66.9 Å². The summed E-state index contributed by atoms with van der Waals surface area (Å²) < 4.78 is 0. The Bertz CT molecular complexity index is 869. The molecule has 0 aliphatic rings. The Morgan fingerprint density at radius 1 is 0.962 bits per heavy atom. The fourth-order valence-electron chi connectivity index (χ4n) is 2.93. The molecule has 1 N–H and O–H groups in total. The first kappa shape index (κ1) is 17.7. The van der Waals surface area contributed by atoms with E-state index in [1.807, 2.05) is 36.4 Å². The molecule has 0 fully saturated rings. The van der Waals surface area contributed by atoms with E-state index in [-0.39, 0.29) is 5.91 Å². The van der Waals surface area contributed by atoms with Gasteiger partial charge < -0.3 is 10.2 Å². The van der Waals surface area contributed by atoms with Gasteiger partial charge in [-0.15, -0.1) is 0 Å². The molecule has 1 aromatic heterocycles. The van der Waals surface area contributed by atoms with E-state index >= 15 is 0 Å². The van der Waals surface area contributed by atoms with Crippen molar-refractivity contribution < 1.29 is 4.79 Å². The minimum atomic E-state index is -0.0909. The van der Waals surface area contributed by atoms with Crippen molar-refractivity contribution in [3.8, 4) is 0 Å². The van der Waals surface area contributed by atoms with E-state index in [0.717, 1.165) is 16.9 Å². The summed E-state index contributed by atoms with van der Waals surface area (Å²) in [6, 6.07) is 19.9. The quantitative estimate of drug-likeness (QED) is 0.728. The van der Waals surface area contributed by atoms with Gasteiger partial charge in [0, 0.05) is 19.3 Å². The lowest BCUT2D eigenvalue weighted by Gasteiger charge is -2.17. The Morgan fingerprint density at radius 2 is 1.65 bits per heavy atom. The number of anilines is 2. The smallest absolute Gasteiger partial charge is 0.272 e. The molecule has 1 amide bonds. The number of hydrogen-bond acceptors (Lipinski definition) is 3. The molecule has 0 radical (unpaired) electrons. The molecular formula is C22H23N3O. The van der Waals surface area contributed by atoms with Gasteiger partial charge in [0.2, 0.25) is 0 Å². The Hall–Kier alpha value is -3.14. The van der Waals surface area contributed by atoms with Crippen molar-refractivity contribution in [2.24, 2.45) is 0 Å². The molecule has 0 unspecified atom stereocenters. The number of aryl methyl sites for hydroxylation is 2. The second-order valence-corrected chi connectivity index (χ2v) is 6.58. The van der Waals surface area contributed by atoms with Gasteiger partial charge in [-0.25, -0.2) is 4.98 Å². The van der Waals surface area contributed by atoms with Crippen LogP contribution in [0.25, 0.3) is 0 Å². The van der Waals surface area contributed by atoms with Crippen molar-refractivity contribution in [1.29, 1.82) is 0 Å². The van der Waals surface area contributed by atoms with Gasteiger partial charge in [0.05, 0.1) is 11.9 Å². The Kier molecular flexibility index (Phi) is 5.32. The predicted octanol–water partition coefficient (Wildman–Crippen LogP) is 4.71. The molecule has 4 nitrogen and oxygen atoms in total. The lowest BCUT2D eigenvalue weighted by molar-refractivity contribution is 0.0779. The minimum Gasteiger partial charge on any atom is -0.354 e. The topological polar surface area (TPSA) is 45.2 Å². The minimum absolute atomic E-state index is 0.0909. The summed E-state index contributed by atoms with van der Waals surface area (Å²) >= 11 is 0. The molecule has 0 atom stereocenters. The van der Waals surface area contributed by atoms with Gasteiger partial charge in [-0.3, -0.25) is 4.79 Å². The number of pyridine rings is 1. The lowest BCUT2D eigenvalue weighted by atomic mass is 10.1. The van der Waals surface area contributed by atoms with E-state index in [0.29, 0.717) is 12.2 Å². The van der Waals surface area contributed by atoms with Crippen LogP contribution in [-0.2, 0) is 6.54 Å². The fraction of sp³-hybridized carbons (Fsp3) is 0.182. The number of nitrogens with one attached hydrogen (secondary N) is 1. The van der Waals surface area contributed by atoms with Gasteiger partial charge in [0.15, 0.2) is 0 Å². The zero-order valence-corrected chi connectivity index (χ0v) is 15.4. The van der Waals surface area contributed by atoms with E-state index in [4.69, 9.17) is 0 Å². The first-order chi connectivity index (χ1) is 12.5. The summed E-state index contributed by atoms with van der Waals surface area (Å²) in [4.78, 5) is 18.6. The van der Waals surface area contributed by atoms with E-state index in [2.05, 4.69) is 42.3 Å². The molecule has 1 heterocycles. The van der Waals surface area contributed by atoms with E-state index in [9.17, 15) is 4.79 Å². The second-order valence-electron chi connectivity index (χ2n) is 6.58. The number of aromatic nitrogens is 1. The third-order valence-corrected chi connectivity index (χ3v) is 4.10. The molecular weight excluding hydrogens is 322 g/mol. The maximum atomic E-state index is 12.6. The van der Waals surface area contributed by atoms with Crippen LogP contribution in [0.5, 0.6) is 0 Å². The second kappa shape index (κ2) is 7.83. The van der Waals surface area contributed by atoms with Crippen molar-refractivity contribution in [2.45, 2.75) is 20.4 Å². The molecule has 0 aliphatic carbocycles. The van der Waals surface area contributed by atoms with Crippen LogP contribution < -0.4 is 5.32 Å². The molecule has 3 rings (SSSR count). The number of rotatable bonds is 5. The predicted molar refractivity (Wildman–Crippen MR) is 106 cm³/mol. The Balaban J connectivity index is 1.67. The molecule has 0 spiro atoms. The van der Waals surface area contributed by atoms with Crippen molar-refractivity contribution in [2.75, 3.05) is 12.4 Å². The summed E-state index contributed by atoms with van der Waals surface area (Å²) in [6.45, 7) is 4.70. The van der Waals surface area contributed by atoms with E-state index in [1.54, 1.807) is 24.2 Å². The Morgan fingerprint density at radius 3 is 2.27 bits per heavy atom. The molecule has 0 bridgehead atoms. The molecule has 26 heavy (non-hydrogen) atoms. The highest BCUT2D eigenvalue weighted by Gasteiger charge is 2.13. The zero-order valence-electron chi connectivity index (χ0n) is 15.4. The molecule has 0 aliphatic heterocycles. The molecule has 4 heteroatoms. The van der Waals surface area contributed by atoms with Crippen molar-refractivity contribution in [1.82, 2.24) is 9.88 Å². The van der Waals surface area contributed by atoms with Crippen molar-refractivity contribution in [3.63, 3.8) is 0 Å². The van der Waals surface area contributed by atoms with Crippen LogP contribution in [-0.4, -0.2) is 22.8 Å². The average molecular weight is 345 g/mol. The number of hydrogen-bond donors (Lipinski definition) is 1.